The second kappa shape index (κ2) is 7.99. The van der Waals surface area contributed by atoms with Crippen LogP contribution in [-0.2, 0) is 0 Å². The molecule has 0 fully saturated rings. The Morgan fingerprint density at radius 3 is 1.39 bits per heavy atom. The number of hydrogen-bond donors (Lipinski definition) is 0. The number of benzene rings is 5. The highest BCUT2D eigenvalue weighted by atomic mass is 14.9. The quantitative estimate of drug-likeness (QED) is 0.288. The van der Waals surface area contributed by atoms with Gasteiger partial charge in [-0.15, -0.1) is 0 Å². The molecule has 6 rings (SSSR count). The normalized spacial score (nSPS) is 11.2. The molecule has 2 nitrogen and oxygen atoms in total. The number of fused-ring (bicyclic) bond motifs is 2. The molecular weight excluding hydrogens is 400 g/mol. The molecule has 0 aliphatic rings. The van der Waals surface area contributed by atoms with Crippen LogP contribution in [0.15, 0.2) is 115 Å². The lowest BCUT2D eigenvalue weighted by molar-refractivity contribution is 1.18. The van der Waals surface area contributed by atoms with Gasteiger partial charge in [-0.05, 0) is 46.7 Å². The molecule has 0 aliphatic carbocycles. The molecule has 0 saturated heterocycles. The van der Waals surface area contributed by atoms with Crippen LogP contribution in [0.2, 0.25) is 0 Å². The van der Waals surface area contributed by atoms with Crippen molar-refractivity contribution in [1.82, 2.24) is 9.97 Å². The van der Waals surface area contributed by atoms with E-state index in [0.29, 0.717) is 0 Å². The van der Waals surface area contributed by atoms with Gasteiger partial charge in [-0.2, -0.15) is 0 Å². The van der Waals surface area contributed by atoms with Gasteiger partial charge in [0.1, 0.15) is 0 Å². The lowest BCUT2D eigenvalue weighted by atomic mass is 10.0. The molecule has 33 heavy (non-hydrogen) atoms. The first-order valence-electron chi connectivity index (χ1n) is 11.2. The zero-order chi connectivity index (χ0) is 22.2. The molecule has 0 radical (unpaired) electrons. The molecule has 0 unspecified atom stereocenters. The third kappa shape index (κ3) is 3.77. The van der Waals surface area contributed by atoms with Crippen molar-refractivity contribution in [2.24, 2.45) is 0 Å². The van der Waals surface area contributed by atoms with E-state index in [1.165, 1.54) is 27.1 Å². The highest BCUT2D eigenvalue weighted by Gasteiger charge is 2.11. The third-order valence-corrected chi connectivity index (χ3v) is 6.13. The number of nitrogens with zero attached hydrogens (tertiary/aromatic N) is 2. The van der Waals surface area contributed by atoms with Crippen molar-refractivity contribution in [3.05, 3.63) is 121 Å². The Labute approximate surface area is 193 Å². The average Bonchev–Trinajstić information content (AvgIpc) is 2.88. The number of aryl methyl sites for hydroxylation is 1. The van der Waals surface area contributed by atoms with Gasteiger partial charge in [0.25, 0.3) is 0 Å². The van der Waals surface area contributed by atoms with Crippen molar-refractivity contribution in [3.8, 4) is 33.9 Å². The molecule has 0 spiro atoms. The minimum absolute atomic E-state index is 0.740. The molecule has 1 aromatic heterocycles. The summed E-state index contributed by atoms with van der Waals surface area (Å²) < 4.78 is 0. The van der Waals surface area contributed by atoms with Gasteiger partial charge in [0.15, 0.2) is 5.82 Å². The maximum Gasteiger partial charge on any atom is 0.160 e. The van der Waals surface area contributed by atoms with Crippen LogP contribution in [0.4, 0.5) is 0 Å². The van der Waals surface area contributed by atoms with Gasteiger partial charge in [0, 0.05) is 16.7 Å². The molecule has 6 aromatic rings. The second-order valence-corrected chi connectivity index (χ2v) is 8.45. The summed E-state index contributed by atoms with van der Waals surface area (Å²) in [5, 5.41) is 4.86. The van der Waals surface area contributed by atoms with Crippen molar-refractivity contribution in [2.75, 3.05) is 0 Å². The first-order chi connectivity index (χ1) is 16.2. The zero-order valence-corrected chi connectivity index (χ0v) is 18.4. The van der Waals surface area contributed by atoms with Gasteiger partial charge in [-0.25, -0.2) is 9.97 Å². The van der Waals surface area contributed by atoms with Crippen LogP contribution in [0.3, 0.4) is 0 Å². The Morgan fingerprint density at radius 1 is 0.424 bits per heavy atom. The van der Waals surface area contributed by atoms with E-state index in [1.807, 2.05) is 0 Å². The molecule has 0 amide bonds. The molecule has 5 aromatic carbocycles. The monoisotopic (exact) mass is 422 g/mol. The van der Waals surface area contributed by atoms with E-state index < -0.39 is 0 Å². The fraction of sp³-hybridized carbons (Fsp3) is 0.0323. The largest absolute Gasteiger partial charge is 0.228 e. The van der Waals surface area contributed by atoms with Crippen LogP contribution >= 0.6 is 0 Å². The van der Waals surface area contributed by atoms with Crippen LogP contribution in [0.1, 0.15) is 5.56 Å². The molecule has 0 atom stereocenters. The lowest BCUT2D eigenvalue weighted by Gasteiger charge is -2.11. The highest BCUT2D eigenvalue weighted by Crippen LogP contribution is 2.30. The van der Waals surface area contributed by atoms with Crippen molar-refractivity contribution >= 4 is 21.5 Å². The standard InChI is InChI=1S/C31H22N2/c1-21-10-12-24(13-11-21)31-32-29(27-16-14-22-6-2-4-8-25(22)18-27)20-30(33-31)28-17-15-23-7-3-5-9-26(23)19-28/h2-20H,1H3. The molecule has 1 heterocycles. The summed E-state index contributed by atoms with van der Waals surface area (Å²) in [7, 11) is 0. The predicted molar refractivity (Wildman–Crippen MR) is 138 cm³/mol. The smallest absolute Gasteiger partial charge is 0.160 e. The molecule has 0 aliphatic heterocycles. The number of hydrogen-bond acceptors (Lipinski definition) is 2. The van der Waals surface area contributed by atoms with Crippen LogP contribution in [-0.4, -0.2) is 9.97 Å². The van der Waals surface area contributed by atoms with Crippen LogP contribution in [0.25, 0.3) is 55.4 Å². The molecule has 0 saturated carbocycles. The van der Waals surface area contributed by atoms with Crippen LogP contribution in [0.5, 0.6) is 0 Å². The Kier molecular flexibility index (Phi) is 4.70. The molecular formula is C31H22N2. The van der Waals surface area contributed by atoms with E-state index in [-0.39, 0.29) is 0 Å². The maximum absolute atomic E-state index is 4.99. The van der Waals surface area contributed by atoms with E-state index >= 15 is 0 Å². The Bertz CT molecular complexity index is 1520. The summed E-state index contributed by atoms with van der Waals surface area (Å²) >= 11 is 0. The second-order valence-electron chi connectivity index (χ2n) is 8.45. The molecule has 0 N–H and O–H groups in total. The summed E-state index contributed by atoms with van der Waals surface area (Å²) in [6.07, 6.45) is 0. The highest BCUT2D eigenvalue weighted by molar-refractivity contribution is 5.89. The van der Waals surface area contributed by atoms with Gasteiger partial charge in [-0.1, -0.05) is 103 Å². The fourth-order valence-electron chi connectivity index (χ4n) is 4.27. The van der Waals surface area contributed by atoms with Gasteiger partial charge in [-0.3, -0.25) is 0 Å². The van der Waals surface area contributed by atoms with Crippen LogP contribution < -0.4 is 0 Å². The summed E-state index contributed by atoms with van der Waals surface area (Å²) in [6.45, 7) is 2.09. The van der Waals surface area contributed by atoms with E-state index in [2.05, 4.69) is 122 Å². The van der Waals surface area contributed by atoms with Gasteiger partial charge in [0.05, 0.1) is 11.4 Å². The topological polar surface area (TPSA) is 25.8 Å². The van der Waals surface area contributed by atoms with E-state index in [4.69, 9.17) is 9.97 Å². The number of rotatable bonds is 3. The van der Waals surface area contributed by atoms with E-state index in [0.717, 1.165) is 33.9 Å². The van der Waals surface area contributed by atoms with E-state index in [1.54, 1.807) is 0 Å². The minimum Gasteiger partial charge on any atom is -0.228 e. The summed E-state index contributed by atoms with van der Waals surface area (Å²) in [5.41, 5.74) is 6.27. The Hall–Kier alpha value is -4.30. The SMILES string of the molecule is Cc1ccc(-c2nc(-c3ccc4ccccc4c3)cc(-c3ccc4ccccc4c3)n2)cc1. The van der Waals surface area contributed by atoms with Gasteiger partial charge in [0.2, 0.25) is 0 Å². The van der Waals surface area contributed by atoms with E-state index in [9.17, 15) is 0 Å². The lowest BCUT2D eigenvalue weighted by Crippen LogP contribution is -1.96. The van der Waals surface area contributed by atoms with Crippen molar-refractivity contribution < 1.29 is 0 Å². The zero-order valence-electron chi connectivity index (χ0n) is 18.4. The molecule has 2 heteroatoms. The molecule has 156 valence electrons. The minimum atomic E-state index is 0.740. The molecule has 0 bridgehead atoms. The summed E-state index contributed by atoms with van der Waals surface area (Å²) in [6, 6.07) is 40.4. The van der Waals surface area contributed by atoms with Crippen LogP contribution in [0, 0.1) is 6.92 Å². The fourth-order valence-corrected chi connectivity index (χ4v) is 4.27. The van der Waals surface area contributed by atoms with Gasteiger partial charge < -0.3 is 0 Å². The van der Waals surface area contributed by atoms with Crippen molar-refractivity contribution in [3.63, 3.8) is 0 Å². The predicted octanol–water partition coefficient (Wildman–Crippen LogP) is 8.09. The van der Waals surface area contributed by atoms with Crippen molar-refractivity contribution in [1.29, 1.82) is 0 Å². The number of aromatic nitrogens is 2. The maximum atomic E-state index is 4.99. The summed E-state index contributed by atoms with van der Waals surface area (Å²) in [5.74, 6) is 0.740. The Balaban J connectivity index is 1.56. The average molecular weight is 423 g/mol. The first-order valence-corrected chi connectivity index (χ1v) is 11.2. The first kappa shape index (κ1) is 19.4. The summed E-state index contributed by atoms with van der Waals surface area (Å²) in [4.78, 5) is 9.97. The Morgan fingerprint density at radius 2 is 0.879 bits per heavy atom. The van der Waals surface area contributed by atoms with Gasteiger partial charge >= 0.3 is 0 Å². The third-order valence-electron chi connectivity index (χ3n) is 6.13. The van der Waals surface area contributed by atoms with Crippen molar-refractivity contribution in [2.45, 2.75) is 6.92 Å².